The fraction of sp³-hybridized carbons (Fsp3) is 0.500. The topological polar surface area (TPSA) is 29.3 Å². The molecule has 1 aromatic heterocycles. The first-order valence-corrected chi connectivity index (χ1v) is 4.54. The van der Waals surface area contributed by atoms with E-state index >= 15 is 0 Å². The summed E-state index contributed by atoms with van der Waals surface area (Å²) < 4.78 is 0. The van der Waals surface area contributed by atoms with Gasteiger partial charge in [0.1, 0.15) is 0 Å². The maximum atomic E-state index is 5.72. The smallest absolute Gasteiger partial charge is 0.0455 e. The van der Waals surface area contributed by atoms with Gasteiger partial charge in [0.15, 0.2) is 0 Å². The highest BCUT2D eigenvalue weighted by molar-refractivity contribution is 7.10. The molecule has 0 fully saturated rings. The van der Waals surface area contributed by atoms with Crippen LogP contribution in [0.15, 0.2) is 11.4 Å². The molecule has 62 valence electrons. The van der Waals surface area contributed by atoms with E-state index in [0.717, 1.165) is 18.7 Å². The summed E-state index contributed by atoms with van der Waals surface area (Å²) in [6.07, 6.45) is 1.07. The summed E-state index contributed by atoms with van der Waals surface area (Å²) >= 11 is 1.74. The summed E-state index contributed by atoms with van der Waals surface area (Å²) in [5.41, 5.74) is 6.66. The number of likely N-dealkylation sites (N-methyl/N-ethyl adjacent to an activating group) is 1. The molecule has 1 aromatic rings. The van der Waals surface area contributed by atoms with Gasteiger partial charge in [0.25, 0.3) is 0 Å². The molecule has 0 spiro atoms. The first-order chi connectivity index (χ1) is 5.20. The highest BCUT2D eigenvalue weighted by Crippen LogP contribution is 2.18. The zero-order chi connectivity index (χ0) is 8.27. The molecule has 0 bridgehead atoms. The van der Waals surface area contributed by atoms with Crippen molar-refractivity contribution < 1.29 is 0 Å². The Hall–Kier alpha value is -0.540. The average Bonchev–Trinajstić information content (AvgIpc) is 2.31. The minimum absolute atomic E-state index is 0.942. The molecule has 0 saturated heterocycles. The van der Waals surface area contributed by atoms with Gasteiger partial charge in [-0.3, -0.25) is 0 Å². The summed E-state index contributed by atoms with van der Waals surface area (Å²) in [6.45, 7) is 1.07. The standard InChI is InChI=1S/C8H14N2S/c1-10(2)5-3-8-7(9)4-6-11-8/h4,6H,3,5,9H2,1-2H3. The van der Waals surface area contributed by atoms with Gasteiger partial charge in [-0.1, -0.05) is 0 Å². The van der Waals surface area contributed by atoms with E-state index in [1.165, 1.54) is 4.88 Å². The van der Waals surface area contributed by atoms with Gasteiger partial charge in [-0.05, 0) is 32.0 Å². The molecule has 1 heterocycles. The first kappa shape index (κ1) is 8.56. The average molecular weight is 170 g/mol. The quantitative estimate of drug-likeness (QED) is 0.743. The number of nitrogens with two attached hydrogens (primary N) is 1. The molecule has 0 saturated carbocycles. The molecule has 0 atom stereocenters. The number of thiophene rings is 1. The van der Waals surface area contributed by atoms with Crippen molar-refractivity contribution >= 4 is 17.0 Å². The van der Waals surface area contributed by atoms with Crippen molar-refractivity contribution in [3.8, 4) is 0 Å². The van der Waals surface area contributed by atoms with Gasteiger partial charge in [-0.25, -0.2) is 0 Å². The fourth-order valence-corrected chi connectivity index (χ4v) is 1.67. The van der Waals surface area contributed by atoms with Crippen LogP contribution in [0.2, 0.25) is 0 Å². The van der Waals surface area contributed by atoms with Crippen molar-refractivity contribution in [3.05, 3.63) is 16.3 Å². The molecule has 0 aliphatic carbocycles. The zero-order valence-electron chi connectivity index (χ0n) is 7.00. The van der Waals surface area contributed by atoms with Crippen molar-refractivity contribution in [2.75, 3.05) is 26.4 Å². The van der Waals surface area contributed by atoms with Crippen molar-refractivity contribution in [1.29, 1.82) is 0 Å². The van der Waals surface area contributed by atoms with E-state index < -0.39 is 0 Å². The Balaban J connectivity index is 2.44. The van der Waals surface area contributed by atoms with Crippen LogP contribution in [0.25, 0.3) is 0 Å². The molecule has 0 radical (unpaired) electrons. The van der Waals surface area contributed by atoms with Crippen molar-refractivity contribution in [3.63, 3.8) is 0 Å². The largest absolute Gasteiger partial charge is 0.398 e. The maximum Gasteiger partial charge on any atom is 0.0455 e. The summed E-state index contributed by atoms with van der Waals surface area (Å²) in [6, 6.07) is 1.97. The van der Waals surface area contributed by atoms with Crippen LogP contribution in [0.4, 0.5) is 5.69 Å². The highest BCUT2D eigenvalue weighted by atomic mass is 32.1. The van der Waals surface area contributed by atoms with E-state index in [1.54, 1.807) is 11.3 Å². The number of rotatable bonds is 3. The Morgan fingerprint density at radius 1 is 1.55 bits per heavy atom. The Bertz CT molecular complexity index is 218. The maximum absolute atomic E-state index is 5.72. The van der Waals surface area contributed by atoms with E-state index in [4.69, 9.17) is 5.73 Å². The lowest BCUT2D eigenvalue weighted by Crippen LogP contribution is -2.14. The van der Waals surface area contributed by atoms with Crippen LogP contribution >= 0.6 is 11.3 Å². The van der Waals surface area contributed by atoms with Crippen LogP contribution in [0.5, 0.6) is 0 Å². The van der Waals surface area contributed by atoms with E-state index in [0.29, 0.717) is 0 Å². The van der Waals surface area contributed by atoms with Crippen LogP contribution in [0, 0.1) is 0 Å². The number of nitrogens with zero attached hydrogens (tertiary/aromatic N) is 1. The first-order valence-electron chi connectivity index (χ1n) is 3.66. The molecule has 1 rings (SSSR count). The molecule has 0 aromatic carbocycles. The number of hydrogen-bond donors (Lipinski definition) is 1. The Labute approximate surface area is 71.6 Å². The van der Waals surface area contributed by atoms with Crippen LogP contribution in [-0.4, -0.2) is 25.5 Å². The van der Waals surface area contributed by atoms with E-state index in [2.05, 4.69) is 19.0 Å². The third-order valence-electron chi connectivity index (χ3n) is 1.57. The molecule has 2 N–H and O–H groups in total. The molecule has 0 aliphatic heterocycles. The second kappa shape index (κ2) is 3.74. The molecular formula is C8H14N2S. The Morgan fingerprint density at radius 3 is 2.73 bits per heavy atom. The van der Waals surface area contributed by atoms with Gasteiger partial charge in [-0.2, -0.15) is 0 Å². The van der Waals surface area contributed by atoms with Crippen LogP contribution in [-0.2, 0) is 6.42 Å². The normalized spacial score (nSPS) is 10.8. The number of anilines is 1. The predicted molar refractivity (Wildman–Crippen MR) is 51.0 cm³/mol. The van der Waals surface area contributed by atoms with Gasteiger partial charge in [0.2, 0.25) is 0 Å². The van der Waals surface area contributed by atoms with Crippen LogP contribution < -0.4 is 5.73 Å². The Morgan fingerprint density at radius 2 is 2.27 bits per heavy atom. The molecule has 0 amide bonds. The molecule has 3 heteroatoms. The molecule has 2 nitrogen and oxygen atoms in total. The molecule has 11 heavy (non-hydrogen) atoms. The summed E-state index contributed by atoms with van der Waals surface area (Å²) in [5.74, 6) is 0. The molecular weight excluding hydrogens is 156 g/mol. The lowest BCUT2D eigenvalue weighted by Gasteiger charge is -2.07. The third kappa shape index (κ3) is 2.52. The van der Waals surface area contributed by atoms with Crippen molar-refractivity contribution in [1.82, 2.24) is 4.90 Å². The van der Waals surface area contributed by atoms with Gasteiger partial charge in [0, 0.05) is 17.1 Å². The molecule has 0 unspecified atom stereocenters. The zero-order valence-corrected chi connectivity index (χ0v) is 7.82. The van der Waals surface area contributed by atoms with E-state index in [9.17, 15) is 0 Å². The summed E-state index contributed by atoms with van der Waals surface area (Å²) in [7, 11) is 4.15. The van der Waals surface area contributed by atoms with Gasteiger partial charge in [-0.15, -0.1) is 11.3 Å². The van der Waals surface area contributed by atoms with Gasteiger partial charge >= 0.3 is 0 Å². The van der Waals surface area contributed by atoms with Gasteiger partial charge in [0.05, 0.1) is 0 Å². The highest BCUT2D eigenvalue weighted by Gasteiger charge is 1.99. The number of nitrogen functional groups attached to an aromatic ring is 1. The van der Waals surface area contributed by atoms with Crippen molar-refractivity contribution in [2.45, 2.75) is 6.42 Å². The lowest BCUT2D eigenvalue weighted by atomic mass is 10.3. The van der Waals surface area contributed by atoms with Crippen LogP contribution in [0.1, 0.15) is 4.88 Å². The fourth-order valence-electron chi connectivity index (χ4n) is 0.879. The molecule has 0 aliphatic rings. The predicted octanol–water partition coefficient (Wildman–Crippen LogP) is 1.43. The Kier molecular flexibility index (Phi) is 2.91. The van der Waals surface area contributed by atoms with Crippen LogP contribution in [0.3, 0.4) is 0 Å². The van der Waals surface area contributed by atoms with E-state index in [-0.39, 0.29) is 0 Å². The monoisotopic (exact) mass is 170 g/mol. The minimum atomic E-state index is 0.942. The third-order valence-corrected chi connectivity index (χ3v) is 2.56. The minimum Gasteiger partial charge on any atom is -0.398 e. The SMILES string of the molecule is CN(C)CCc1sccc1N. The summed E-state index contributed by atoms with van der Waals surface area (Å²) in [5, 5.41) is 2.04. The lowest BCUT2D eigenvalue weighted by molar-refractivity contribution is 0.415. The van der Waals surface area contributed by atoms with Gasteiger partial charge < -0.3 is 10.6 Å². The second-order valence-electron chi connectivity index (χ2n) is 2.85. The van der Waals surface area contributed by atoms with Crippen molar-refractivity contribution in [2.24, 2.45) is 0 Å². The van der Waals surface area contributed by atoms with E-state index in [1.807, 2.05) is 11.4 Å². The second-order valence-corrected chi connectivity index (χ2v) is 3.85. The number of hydrogen-bond acceptors (Lipinski definition) is 3. The summed E-state index contributed by atoms with van der Waals surface area (Å²) in [4.78, 5) is 3.47.